The van der Waals surface area contributed by atoms with E-state index in [-0.39, 0.29) is 0 Å². The smallest absolute Gasteiger partial charge is 0.122 e. The summed E-state index contributed by atoms with van der Waals surface area (Å²) < 4.78 is 5.49. The Labute approximate surface area is 72.7 Å². The number of fused-ring (bicyclic) bond motifs is 1. The molecule has 62 valence electrons. The number of aryl methyl sites for hydroxylation is 1. The van der Waals surface area contributed by atoms with Crippen LogP contribution in [0.2, 0.25) is 0 Å². The molecule has 1 heterocycles. The lowest BCUT2D eigenvalue weighted by Gasteiger charge is -2.17. The second-order valence-electron chi connectivity index (χ2n) is 3.02. The molecule has 0 N–H and O–H groups in total. The van der Waals surface area contributed by atoms with Gasteiger partial charge in [-0.2, -0.15) is 0 Å². The van der Waals surface area contributed by atoms with Gasteiger partial charge in [-0.25, -0.2) is 0 Å². The molecule has 12 heavy (non-hydrogen) atoms. The summed E-state index contributed by atoms with van der Waals surface area (Å²) in [4.78, 5) is 0. The minimum absolute atomic E-state index is 0.862. The van der Waals surface area contributed by atoms with Crippen molar-refractivity contribution < 1.29 is 4.74 Å². The monoisotopic (exact) mass is 160 g/mol. The summed E-state index contributed by atoms with van der Waals surface area (Å²) in [6, 6.07) is 6.23. The Balaban J connectivity index is 2.42. The molecule has 1 aliphatic heterocycles. The molecule has 0 bridgehead atoms. The summed E-state index contributed by atoms with van der Waals surface area (Å²) in [7, 11) is 0. The van der Waals surface area contributed by atoms with Crippen molar-refractivity contribution in [3.05, 3.63) is 35.9 Å². The summed E-state index contributed by atoms with van der Waals surface area (Å²) in [5, 5.41) is 0. The Morgan fingerprint density at radius 3 is 3.17 bits per heavy atom. The lowest BCUT2D eigenvalue weighted by atomic mass is 10.0. The molecular formula is C11H12O. The minimum atomic E-state index is 0.862. The highest BCUT2D eigenvalue weighted by Crippen LogP contribution is 2.25. The van der Waals surface area contributed by atoms with Gasteiger partial charge in [-0.15, -0.1) is 0 Å². The SMILES string of the molecule is C=Cc1ccc2c(c1)CCCO2. The molecule has 0 saturated carbocycles. The number of rotatable bonds is 1. The molecule has 1 nitrogen and oxygen atoms in total. The lowest BCUT2D eigenvalue weighted by Crippen LogP contribution is -2.07. The fourth-order valence-corrected chi connectivity index (χ4v) is 1.51. The Morgan fingerprint density at radius 1 is 1.42 bits per heavy atom. The molecule has 0 aromatic heterocycles. The van der Waals surface area contributed by atoms with Gasteiger partial charge in [0.15, 0.2) is 0 Å². The number of ether oxygens (including phenoxy) is 1. The molecule has 0 fully saturated rings. The Bertz CT molecular complexity index is 302. The molecule has 0 spiro atoms. The molecule has 2 rings (SSSR count). The van der Waals surface area contributed by atoms with Crippen LogP contribution in [0.5, 0.6) is 5.75 Å². The largest absolute Gasteiger partial charge is 0.493 e. The van der Waals surface area contributed by atoms with Crippen LogP contribution in [-0.2, 0) is 6.42 Å². The average Bonchev–Trinajstić information content (AvgIpc) is 2.17. The van der Waals surface area contributed by atoms with Gasteiger partial charge in [0.1, 0.15) is 5.75 Å². The summed E-state index contributed by atoms with van der Waals surface area (Å²) in [6.45, 7) is 4.60. The molecule has 1 aromatic rings. The zero-order chi connectivity index (χ0) is 8.39. The molecule has 0 unspecified atom stereocenters. The molecule has 1 aromatic carbocycles. The average molecular weight is 160 g/mol. The van der Waals surface area contributed by atoms with Gasteiger partial charge in [-0.1, -0.05) is 18.7 Å². The van der Waals surface area contributed by atoms with E-state index in [2.05, 4.69) is 12.6 Å². The molecule has 0 saturated heterocycles. The third kappa shape index (κ3) is 1.22. The Morgan fingerprint density at radius 2 is 2.33 bits per heavy atom. The van der Waals surface area contributed by atoms with Crippen molar-refractivity contribution in [2.75, 3.05) is 6.61 Å². The maximum Gasteiger partial charge on any atom is 0.122 e. The molecule has 0 amide bonds. The van der Waals surface area contributed by atoms with Gasteiger partial charge in [0.05, 0.1) is 6.61 Å². The van der Waals surface area contributed by atoms with Gasteiger partial charge in [-0.3, -0.25) is 0 Å². The Hall–Kier alpha value is -1.24. The first kappa shape index (κ1) is 7.41. The van der Waals surface area contributed by atoms with E-state index < -0.39 is 0 Å². The first-order valence-electron chi connectivity index (χ1n) is 4.28. The van der Waals surface area contributed by atoms with Crippen LogP contribution < -0.4 is 4.74 Å². The van der Waals surface area contributed by atoms with Crippen molar-refractivity contribution >= 4 is 6.08 Å². The van der Waals surface area contributed by atoms with Gasteiger partial charge in [0, 0.05) is 0 Å². The lowest BCUT2D eigenvalue weighted by molar-refractivity contribution is 0.288. The summed E-state index contributed by atoms with van der Waals surface area (Å²) in [5.41, 5.74) is 2.50. The second kappa shape index (κ2) is 3.02. The second-order valence-corrected chi connectivity index (χ2v) is 3.02. The van der Waals surface area contributed by atoms with Gasteiger partial charge in [0.2, 0.25) is 0 Å². The van der Waals surface area contributed by atoms with E-state index in [0.717, 1.165) is 25.2 Å². The van der Waals surface area contributed by atoms with Crippen LogP contribution in [-0.4, -0.2) is 6.61 Å². The normalized spacial score (nSPS) is 14.7. The van der Waals surface area contributed by atoms with Crippen molar-refractivity contribution in [1.82, 2.24) is 0 Å². The van der Waals surface area contributed by atoms with E-state index in [0.29, 0.717) is 0 Å². The van der Waals surface area contributed by atoms with Gasteiger partial charge in [0.25, 0.3) is 0 Å². The standard InChI is InChI=1S/C11H12O/c1-2-9-5-6-11-10(8-9)4-3-7-12-11/h2,5-6,8H,1,3-4,7H2. The highest BCUT2D eigenvalue weighted by molar-refractivity contribution is 5.52. The molecular weight excluding hydrogens is 148 g/mol. The number of hydrogen-bond donors (Lipinski definition) is 0. The number of hydrogen-bond acceptors (Lipinski definition) is 1. The first-order chi connectivity index (χ1) is 5.90. The van der Waals surface area contributed by atoms with Crippen LogP contribution in [0.25, 0.3) is 6.08 Å². The van der Waals surface area contributed by atoms with Crippen LogP contribution in [0.15, 0.2) is 24.8 Å². The van der Waals surface area contributed by atoms with Crippen LogP contribution in [0.4, 0.5) is 0 Å². The van der Waals surface area contributed by atoms with E-state index in [1.165, 1.54) is 11.1 Å². The zero-order valence-electron chi connectivity index (χ0n) is 7.05. The van der Waals surface area contributed by atoms with E-state index >= 15 is 0 Å². The highest BCUT2D eigenvalue weighted by atomic mass is 16.5. The minimum Gasteiger partial charge on any atom is -0.493 e. The van der Waals surface area contributed by atoms with Crippen LogP contribution in [0, 0.1) is 0 Å². The van der Waals surface area contributed by atoms with Crippen molar-refractivity contribution in [2.24, 2.45) is 0 Å². The fourth-order valence-electron chi connectivity index (χ4n) is 1.51. The summed E-state index contributed by atoms with van der Waals surface area (Å²) >= 11 is 0. The number of benzene rings is 1. The van der Waals surface area contributed by atoms with Gasteiger partial charge < -0.3 is 4.74 Å². The molecule has 1 aliphatic rings. The van der Waals surface area contributed by atoms with Crippen molar-refractivity contribution in [2.45, 2.75) is 12.8 Å². The van der Waals surface area contributed by atoms with E-state index in [9.17, 15) is 0 Å². The fraction of sp³-hybridized carbons (Fsp3) is 0.273. The van der Waals surface area contributed by atoms with Crippen LogP contribution in [0.3, 0.4) is 0 Å². The van der Waals surface area contributed by atoms with Crippen molar-refractivity contribution in [3.8, 4) is 5.75 Å². The van der Waals surface area contributed by atoms with E-state index in [1.807, 2.05) is 18.2 Å². The van der Waals surface area contributed by atoms with Crippen LogP contribution in [0.1, 0.15) is 17.5 Å². The summed E-state index contributed by atoms with van der Waals surface area (Å²) in [5.74, 6) is 1.05. The quantitative estimate of drug-likeness (QED) is 0.613. The third-order valence-corrected chi connectivity index (χ3v) is 2.17. The molecule has 0 aliphatic carbocycles. The van der Waals surface area contributed by atoms with Crippen molar-refractivity contribution in [1.29, 1.82) is 0 Å². The van der Waals surface area contributed by atoms with Gasteiger partial charge >= 0.3 is 0 Å². The topological polar surface area (TPSA) is 9.23 Å². The van der Waals surface area contributed by atoms with Gasteiger partial charge in [-0.05, 0) is 36.1 Å². The summed E-state index contributed by atoms with van der Waals surface area (Å²) in [6.07, 6.45) is 4.14. The van der Waals surface area contributed by atoms with Crippen molar-refractivity contribution in [3.63, 3.8) is 0 Å². The molecule has 1 heteroatoms. The molecule has 0 atom stereocenters. The maximum atomic E-state index is 5.49. The highest BCUT2D eigenvalue weighted by Gasteiger charge is 2.08. The van der Waals surface area contributed by atoms with E-state index in [4.69, 9.17) is 4.74 Å². The predicted octanol–water partition coefficient (Wildman–Crippen LogP) is 2.65. The zero-order valence-corrected chi connectivity index (χ0v) is 7.05. The van der Waals surface area contributed by atoms with E-state index in [1.54, 1.807) is 0 Å². The first-order valence-corrected chi connectivity index (χ1v) is 4.28. The Kier molecular flexibility index (Phi) is 1.86. The third-order valence-electron chi connectivity index (χ3n) is 2.17. The maximum absolute atomic E-state index is 5.49. The van der Waals surface area contributed by atoms with Crippen LogP contribution >= 0.6 is 0 Å². The predicted molar refractivity (Wildman–Crippen MR) is 50.3 cm³/mol. The molecule has 0 radical (unpaired) electrons.